The zero-order chi connectivity index (χ0) is 14.8. The first-order chi connectivity index (χ1) is 8.66. The average molecular weight is 265 g/mol. The number of nitro groups is 1. The molecule has 0 spiro atoms. The average Bonchev–Trinajstić information content (AvgIpc) is 2.26. The maximum Gasteiger partial charge on any atom is 0.311 e. The normalized spacial score (nSPS) is 11.5. The molecule has 19 heavy (non-hydrogen) atoms. The van der Waals surface area contributed by atoms with Crippen LogP contribution < -0.4 is 4.74 Å². The maximum atomic E-state index is 11.2. The van der Waals surface area contributed by atoms with Crippen LogP contribution in [0, 0.1) is 10.1 Å². The summed E-state index contributed by atoms with van der Waals surface area (Å²) in [6, 6.07) is 3.13. The van der Waals surface area contributed by atoms with Crippen molar-refractivity contribution in [3.05, 3.63) is 33.4 Å². The minimum atomic E-state index is -0.514. The van der Waals surface area contributed by atoms with Gasteiger partial charge in [-0.25, -0.2) is 0 Å². The van der Waals surface area contributed by atoms with Gasteiger partial charge in [0.05, 0.1) is 16.6 Å². The Morgan fingerprint density at radius 1 is 1.32 bits per heavy atom. The quantitative estimate of drug-likeness (QED) is 0.474. The monoisotopic (exact) mass is 265 g/mol. The van der Waals surface area contributed by atoms with Gasteiger partial charge in [0.25, 0.3) is 0 Å². The maximum absolute atomic E-state index is 11.2. The predicted octanol–water partition coefficient (Wildman–Crippen LogP) is 3.49. The van der Waals surface area contributed by atoms with E-state index in [-0.39, 0.29) is 28.5 Å². The number of nitro benzene ring substituents is 1. The molecule has 0 N–H and O–H groups in total. The second-order valence-electron chi connectivity index (χ2n) is 5.71. The summed E-state index contributed by atoms with van der Waals surface area (Å²) in [5.41, 5.74) is 0.507. The number of rotatable bonds is 4. The van der Waals surface area contributed by atoms with Crippen molar-refractivity contribution >= 4 is 12.0 Å². The van der Waals surface area contributed by atoms with E-state index in [1.165, 1.54) is 6.07 Å². The van der Waals surface area contributed by atoms with Crippen molar-refractivity contribution in [1.82, 2.24) is 0 Å². The summed E-state index contributed by atoms with van der Waals surface area (Å²) < 4.78 is 5.42. The van der Waals surface area contributed by atoms with Crippen LogP contribution in [0.1, 0.15) is 50.5 Å². The molecule has 5 heteroatoms. The third kappa shape index (κ3) is 3.53. The summed E-state index contributed by atoms with van der Waals surface area (Å²) >= 11 is 0. The smallest absolute Gasteiger partial charge is 0.311 e. The summed E-state index contributed by atoms with van der Waals surface area (Å²) in [4.78, 5) is 21.8. The molecule has 104 valence electrons. The van der Waals surface area contributed by atoms with Gasteiger partial charge in [-0.3, -0.25) is 14.9 Å². The first kappa shape index (κ1) is 15.1. The van der Waals surface area contributed by atoms with Gasteiger partial charge in [-0.15, -0.1) is 0 Å². The van der Waals surface area contributed by atoms with Crippen molar-refractivity contribution in [2.24, 2.45) is 0 Å². The molecule has 0 aliphatic carbocycles. The van der Waals surface area contributed by atoms with Gasteiger partial charge in [0, 0.05) is 6.07 Å². The van der Waals surface area contributed by atoms with Gasteiger partial charge in [-0.05, 0) is 30.9 Å². The fourth-order valence-electron chi connectivity index (χ4n) is 1.66. The van der Waals surface area contributed by atoms with Crippen molar-refractivity contribution in [3.63, 3.8) is 0 Å². The summed E-state index contributed by atoms with van der Waals surface area (Å²) in [5, 5.41) is 11.2. The Hall–Kier alpha value is -1.91. The van der Waals surface area contributed by atoms with Gasteiger partial charge in [0.1, 0.15) is 0 Å². The highest BCUT2D eigenvalue weighted by atomic mass is 16.6. The number of aldehydes is 1. The molecule has 1 aromatic carbocycles. The molecule has 0 bridgehead atoms. The number of nitrogens with zero attached hydrogens (tertiary/aromatic N) is 1. The van der Waals surface area contributed by atoms with Crippen LogP contribution in [0.2, 0.25) is 0 Å². The van der Waals surface area contributed by atoms with Crippen LogP contribution in [-0.2, 0) is 5.41 Å². The van der Waals surface area contributed by atoms with Crippen LogP contribution in [0.4, 0.5) is 5.69 Å². The summed E-state index contributed by atoms with van der Waals surface area (Å²) in [7, 11) is 0. The van der Waals surface area contributed by atoms with E-state index in [4.69, 9.17) is 4.74 Å². The SMILES string of the molecule is CC(C)Oc1c(C=O)cc(C(C)(C)C)cc1[N+](=O)[O-]. The molecule has 0 atom stereocenters. The molecule has 0 saturated heterocycles. The second kappa shape index (κ2) is 5.38. The Kier molecular flexibility index (Phi) is 4.29. The Morgan fingerprint density at radius 3 is 2.26 bits per heavy atom. The molecule has 0 aliphatic heterocycles. The molecule has 0 heterocycles. The zero-order valence-electron chi connectivity index (χ0n) is 11.9. The van der Waals surface area contributed by atoms with E-state index in [9.17, 15) is 14.9 Å². The Morgan fingerprint density at radius 2 is 1.89 bits per heavy atom. The van der Waals surface area contributed by atoms with Gasteiger partial charge in [0.15, 0.2) is 6.29 Å². The van der Waals surface area contributed by atoms with E-state index in [2.05, 4.69) is 0 Å². The predicted molar refractivity (Wildman–Crippen MR) is 72.9 cm³/mol. The van der Waals surface area contributed by atoms with E-state index in [1.54, 1.807) is 19.9 Å². The molecule has 1 rings (SSSR count). The van der Waals surface area contributed by atoms with Crippen molar-refractivity contribution in [2.75, 3.05) is 0 Å². The van der Waals surface area contributed by atoms with Crippen LogP contribution in [0.3, 0.4) is 0 Å². The Bertz CT molecular complexity index is 501. The van der Waals surface area contributed by atoms with Crippen molar-refractivity contribution in [1.29, 1.82) is 0 Å². The Labute approximate surface area is 112 Å². The van der Waals surface area contributed by atoms with Crippen LogP contribution in [0.25, 0.3) is 0 Å². The van der Waals surface area contributed by atoms with Gasteiger partial charge in [0.2, 0.25) is 5.75 Å². The molecule has 0 radical (unpaired) electrons. The van der Waals surface area contributed by atoms with Crippen LogP contribution in [0.5, 0.6) is 5.75 Å². The molecule has 0 fully saturated rings. The van der Waals surface area contributed by atoms with E-state index >= 15 is 0 Å². The van der Waals surface area contributed by atoms with E-state index in [1.807, 2.05) is 20.8 Å². The van der Waals surface area contributed by atoms with E-state index in [0.717, 1.165) is 5.56 Å². The summed E-state index contributed by atoms with van der Waals surface area (Å²) in [5.74, 6) is 0.0444. The fourth-order valence-corrected chi connectivity index (χ4v) is 1.66. The van der Waals surface area contributed by atoms with Crippen LogP contribution in [0.15, 0.2) is 12.1 Å². The second-order valence-corrected chi connectivity index (χ2v) is 5.71. The van der Waals surface area contributed by atoms with E-state index < -0.39 is 4.92 Å². The number of hydrogen-bond donors (Lipinski definition) is 0. The van der Waals surface area contributed by atoms with Gasteiger partial charge in [-0.2, -0.15) is 0 Å². The summed E-state index contributed by atoms with van der Waals surface area (Å²) in [6.45, 7) is 9.32. The molecule has 0 amide bonds. The highest BCUT2D eigenvalue weighted by Gasteiger charge is 2.26. The highest BCUT2D eigenvalue weighted by molar-refractivity contribution is 5.83. The molecular formula is C14H19NO4. The molecule has 0 unspecified atom stereocenters. The lowest BCUT2D eigenvalue weighted by atomic mass is 9.85. The third-order valence-corrected chi connectivity index (χ3v) is 2.64. The third-order valence-electron chi connectivity index (χ3n) is 2.64. The number of benzene rings is 1. The highest BCUT2D eigenvalue weighted by Crippen LogP contribution is 2.36. The van der Waals surface area contributed by atoms with Crippen LogP contribution in [-0.4, -0.2) is 17.3 Å². The Balaban J connectivity index is 3.53. The minimum Gasteiger partial charge on any atom is -0.484 e. The number of carbonyl (C=O) groups is 1. The molecule has 0 aromatic heterocycles. The number of ether oxygens (including phenoxy) is 1. The standard InChI is InChI=1S/C14H19NO4/c1-9(2)19-13-10(8-16)6-11(14(3,4)5)7-12(13)15(17)18/h6-9H,1-5H3. The van der Waals surface area contributed by atoms with Crippen molar-refractivity contribution in [2.45, 2.75) is 46.1 Å². The number of hydrogen-bond acceptors (Lipinski definition) is 4. The van der Waals surface area contributed by atoms with Gasteiger partial charge < -0.3 is 4.74 Å². The van der Waals surface area contributed by atoms with Crippen molar-refractivity contribution in [3.8, 4) is 5.75 Å². The largest absolute Gasteiger partial charge is 0.484 e. The van der Waals surface area contributed by atoms with Gasteiger partial charge >= 0.3 is 5.69 Å². The lowest BCUT2D eigenvalue weighted by Crippen LogP contribution is -2.15. The van der Waals surface area contributed by atoms with Crippen LogP contribution >= 0.6 is 0 Å². The first-order valence-electron chi connectivity index (χ1n) is 6.11. The molecule has 1 aromatic rings. The fraction of sp³-hybridized carbons (Fsp3) is 0.500. The zero-order valence-corrected chi connectivity index (χ0v) is 11.9. The number of carbonyl (C=O) groups excluding carboxylic acids is 1. The molecule has 0 saturated carbocycles. The van der Waals surface area contributed by atoms with Gasteiger partial charge in [-0.1, -0.05) is 20.8 Å². The minimum absolute atomic E-state index is 0.0444. The summed E-state index contributed by atoms with van der Waals surface area (Å²) in [6.07, 6.45) is 0.359. The lowest BCUT2D eigenvalue weighted by Gasteiger charge is -2.21. The topological polar surface area (TPSA) is 69.4 Å². The molecular weight excluding hydrogens is 246 g/mol. The lowest BCUT2D eigenvalue weighted by molar-refractivity contribution is -0.386. The van der Waals surface area contributed by atoms with E-state index in [0.29, 0.717) is 6.29 Å². The molecule has 5 nitrogen and oxygen atoms in total. The van der Waals surface area contributed by atoms with Crippen molar-refractivity contribution < 1.29 is 14.5 Å². The first-order valence-corrected chi connectivity index (χ1v) is 6.11. The molecule has 0 aliphatic rings.